The van der Waals surface area contributed by atoms with Crippen molar-refractivity contribution in [3.8, 4) is 0 Å². The lowest BCUT2D eigenvalue weighted by atomic mass is 10.1. The fourth-order valence-corrected chi connectivity index (χ4v) is 3.28. The van der Waals surface area contributed by atoms with Crippen molar-refractivity contribution in [2.75, 3.05) is 19.7 Å². The molecule has 4 nitrogen and oxygen atoms in total. The predicted molar refractivity (Wildman–Crippen MR) is 67.4 cm³/mol. The first-order valence-electron chi connectivity index (χ1n) is 6.51. The van der Waals surface area contributed by atoms with Gasteiger partial charge in [-0.2, -0.15) is 0 Å². The molecule has 0 aromatic rings. The molecule has 0 aromatic heterocycles. The van der Waals surface area contributed by atoms with E-state index in [0.717, 1.165) is 45.4 Å². The molecule has 3 aliphatic heterocycles. The van der Waals surface area contributed by atoms with Crippen LogP contribution >= 0.6 is 12.4 Å². The van der Waals surface area contributed by atoms with E-state index in [1.165, 1.54) is 6.42 Å². The smallest absolute Gasteiger partial charge is 0.252 e. The summed E-state index contributed by atoms with van der Waals surface area (Å²) in [5.41, 5.74) is 0. The van der Waals surface area contributed by atoms with Gasteiger partial charge in [0.05, 0.1) is 0 Å². The highest BCUT2D eigenvalue weighted by Crippen LogP contribution is 2.30. The SMILES string of the molecule is Cl.O=C(C1CCCO1)N1C2CCNCC1CC2. The minimum absolute atomic E-state index is 0. The normalized spacial score (nSPS) is 36.5. The Balaban J connectivity index is 0.00000108. The summed E-state index contributed by atoms with van der Waals surface area (Å²) in [5.74, 6) is 0.258. The number of rotatable bonds is 1. The summed E-state index contributed by atoms with van der Waals surface area (Å²) in [6.45, 7) is 2.78. The Morgan fingerprint density at radius 1 is 1.18 bits per heavy atom. The minimum Gasteiger partial charge on any atom is -0.368 e. The molecule has 0 radical (unpaired) electrons. The molecule has 0 aliphatic carbocycles. The van der Waals surface area contributed by atoms with E-state index in [4.69, 9.17) is 4.74 Å². The van der Waals surface area contributed by atoms with Crippen molar-refractivity contribution in [3.05, 3.63) is 0 Å². The Morgan fingerprint density at radius 2 is 2.00 bits per heavy atom. The van der Waals surface area contributed by atoms with E-state index in [2.05, 4.69) is 10.2 Å². The van der Waals surface area contributed by atoms with Gasteiger partial charge in [0.25, 0.3) is 5.91 Å². The second kappa shape index (κ2) is 5.55. The number of fused-ring (bicyclic) bond motifs is 2. The topological polar surface area (TPSA) is 41.6 Å². The molecule has 0 spiro atoms. The van der Waals surface area contributed by atoms with Crippen molar-refractivity contribution < 1.29 is 9.53 Å². The van der Waals surface area contributed by atoms with Crippen molar-refractivity contribution >= 4 is 18.3 Å². The lowest BCUT2D eigenvalue weighted by Crippen LogP contribution is -2.47. The van der Waals surface area contributed by atoms with Crippen LogP contribution in [0.5, 0.6) is 0 Å². The zero-order valence-corrected chi connectivity index (χ0v) is 10.9. The van der Waals surface area contributed by atoms with Gasteiger partial charge >= 0.3 is 0 Å². The van der Waals surface area contributed by atoms with Crippen LogP contribution in [0, 0.1) is 0 Å². The van der Waals surface area contributed by atoms with Gasteiger partial charge in [0.2, 0.25) is 0 Å². The summed E-state index contributed by atoms with van der Waals surface area (Å²) in [6, 6.07) is 0.890. The first-order chi connectivity index (χ1) is 7.86. The van der Waals surface area contributed by atoms with Crippen LogP contribution in [-0.4, -0.2) is 48.7 Å². The van der Waals surface area contributed by atoms with Gasteiger partial charge in [0.15, 0.2) is 0 Å². The molecule has 17 heavy (non-hydrogen) atoms. The average Bonchev–Trinajstić information content (AvgIpc) is 2.84. The van der Waals surface area contributed by atoms with E-state index in [-0.39, 0.29) is 24.4 Å². The summed E-state index contributed by atoms with van der Waals surface area (Å²) in [4.78, 5) is 14.5. The van der Waals surface area contributed by atoms with Gasteiger partial charge in [0, 0.05) is 25.2 Å². The monoisotopic (exact) mass is 260 g/mol. The summed E-state index contributed by atoms with van der Waals surface area (Å²) in [7, 11) is 0. The summed E-state index contributed by atoms with van der Waals surface area (Å²) in [6.07, 6.45) is 5.27. The lowest BCUT2D eigenvalue weighted by Gasteiger charge is -2.30. The fourth-order valence-electron chi connectivity index (χ4n) is 3.28. The molecular formula is C12H21ClN2O2. The Bertz CT molecular complexity index is 268. The minimum atomic E-state index is -0.138. The molecule has 1 amide bonds. The molecular weight excluding hydrogens is 240 g/mol. The number of hydrogen-bond acceptors (Lipinski definition) is 3. The van der Waals surface area contributed by atoms with Gasteiger partial charge in [-0.15, -0.1) is 12.4 Å². The molecule has 0 aromatic carbocycles. The average molecular weight is 261 g/mol. The van der Waals surface area contributed by atoms with E-state index in [1.54, 1.807) is 0 Å². The van der Waals surface area contributed by atoms with Gasteiger partial charge in [-0.25, -0.2) is 0 Å². The molecule has 3 fully saturated rings. The first-order valence-corrected chi connectivity index (χ1v) is 6.51. The van der Waals surface area contributed by atoms with E-state index in [9.17, 15) is 4.79 Å². The number of nitrogens with one attached hydrogen (secondary N) is 1. The molecule has 1 N–H and O–H groups in total. The molecule has 3 unspecified atom stereocenters. The van der Waals surface area contributed by atoms with Crippen LogP contribution in [0.2, 0.25) is 0 Å². The number of nitrogens with zero attached hydrogens (tertiary/aromatic N) is 1. The van der Waals surface area contributed by atoms with Crippen molar-refractivity contribution in [1.82, 2.24) is 10.2 Å². The molecule has 3 heterocycles. The predicted octanol–water partition coefficient (Wildman–Crippen LogP) is 0.940. The highest BCUT2D eigenvalue weighted by atomic mass is 35.5. The Morgan fingerprint density at radius 3 is 2.76 bits per heavy atom. The van der Waals surface area contributed by atoms with E-state index >= 15 is 0 Å². The zero-order valence-electron chi connectivity index (χ0n) is 10.1. The van der Waals surface area contributed by atoms with Crippen LogP contribution in [0.1, 0.15) is 32.1 Å². The molecule has 0 saturated carbocycles. The third-order valence-corrected chi connectivity index (χ3v) is 4.11. The van der Waals surface area contributed by atoms with Crippen LogP contribution in [0.3, 0.4) is 0 Å². The number of carbonyl (C=O) groups excluding carboxylic acids is 1. The quantitative estimate of drug-likeness (QED) is 0.763. The third-order valence-electron chi connectivity index (χ3n) is 4.11. The van der Waals surface area contributed by atoms with E-state index in [1.807, 2.05) is 0 Å². The Labute approximate surface area is 108 Å². The van der Waals surface area contributed by atoms with Gasteiger partial charge in [0.1, 0.15) is 6.10 Å². The largest absolute Gasteiger partial charge is 0.368 e. The van der Waals surface area contributed by atoms with Gasteiger partial charge in [-0.05, 0) is 38.6 Å². The second-order valence-electron chi connectivity index (χ2n) is 5.12. The summed E-state index contributed by atoms with van der Waals surface area (Å²) < 4.78 is 5.52. The Kier molecular flexibility index (Phi) is 4.28. The maximum atomic E-state index is 12.4. The van der Waals surface area contributed by atoms with Gasteiger partial charge < -0.3 is 15.0 Å². The highest BCUT2D eigenvalue weighted by Gasteiger charge is 2.41. The maximum absolute atomic E-state index is 12.4. The molecule has 3 saturated heterocycles. The Hall–Kier alpha value is -0.320. The molecule has 3 rings (SSSR count). The van der Waals surface area contributed by atoms with Gasteiger partial charge in [-0.1, -0.05) is 0 Å². The van der Waals surface area contributed by atoms with Crippen LogP contribution in [0.15, 0.2) is 0 Å². The standard InChI is InChI=1S/C12H20N2O2.ClH/c15-12(11-2-1-7-16-11)14-9-3-4-10(14)8-13-6-5-9;/h9-11,13H,1-8H2;1H. The van der Waals surface area contributed by atoms with Crippen LogP contribution in [0.25, 0.3) is 0 Å². The summed E-state index contributed by atoms with van der Waals surface area (Å²) in [5, 5.41) is 3.42. The van der Waals surface area contributed by atoms with Gasteiger partial charge in [-0.3, -0.25) is 4.79 Å². The summed E-state index contributed by atoms with van der Waals surface area (Å²) >= 11 is 0. The van der Waals surface area contributed by atoms with Crippen molar-refractivity contribution in [2.24, 2.45) is 0 Å². The third kappa shape index (κ3) is 2.44. The number of amides is 1. The lowest BCUT2D eigenvalue weighted by molar-refractivity contribution is -0.143. The fraction of sp³-hybridized carbons (Fsp3) is 0.917. The molecule has 98 valence electrons. The first kappa shape index (κ1) is 13.1. The molecule has 5 heteroatoms. The second-order valence-corrected chi connectivity index (χ2v) is 5.12. The van der Waals surface area contributed by atoms with Crippen molar-refractivity contribution in [3.63, 3.8) is 0 Å². The zero-order chi connectivity index (χ0) is 11.0. The number of ether oxygens (including phenoxy) is 1. The molecule has 3 aliphatic rings. The van der Waals surface area contributed by atoms with Crippen LogP contribution < -0.4 is 5.32 Å². The van der Waals surface area contributed by atoms with Crippen LogP contribution in [0.4, 0.5) is 0 Å². The number of halogens is 1. The van der Waals surface area contributed by atoms with Crippen molar-refractivity contribution in [1.29, 1.82) is 0 Å². The number of hydrogen-bond donors (Lipinski definition) is 1. The van der Waals surface area contributed by atoms with Crippen molar-refractivity contribution in [2.45, 2.75) is 50.3 Å². The number of carbonyl (C=O) groups is 1. The highest BCUT2D eigenvalue weighted by molar-refractivity contribution is 5.85. The van der Waals surface area contributed by atoms with E-state index < -0.39 is 0 Å². The molecule has 3 atom stereocenters. The molecule has 2 bridgehead atoms. The van der Waals surface area contributed by atoms with E-state index in [0.29, 0.717) is 12.1 Å². The van der Waals surface area contributed by atoms with Crippen LogP contribution in [-0.2, 0) is 9.53 Å². The maximum Gasteiger partial charge on any atom is 0.252 e.